The molecule has 0 aliphatic carbocycles. The third-order valence-corrected chi connectivity index (χ3v) is 2.90. The van der Waals surface area contributed by atoms with E-state index >= 15 is 0 Å². The molecule has 3 nitrogen and oxygen atoms in total. The van der Waals surface area contributed by atoms with Gasteiger partial charge in [-0.2, -0.15) is 0 Å². The highest BCUT2D eigenvalue weighted by atomic mass is 14.9. The van der Waals surface area contributed by atoms with Crippen LogP contribution in [0, 0.1) is 0 Å². The van der Waals surface area contributed by atoms with Crippen LogP contribution in [0.15, 0.2) is 60.9 Å². The monoisotopic (exact) mass is 235 g/mol. The first-order valence-electron chi connectivity index (χ1n) is 5.79. The molecule has 0 spiro atoms. The van der Waals surface area contributed by atoms with Gasteiger partial charge in [0.25, 0.3) is 0 Å². The number of benzene rings is 2. The van der Waals surface area contributed by atoms with Gasteiger partial charge in [0.05, 0.1) is 0 Å². The zero-order valence-corrected chi connectivity index (χ0v) is 9.80. The molecule has 1 aromatic heterocycles. The summed E-state index contributed by atoms with van der Waals surface area (Å²) in [4.78, 5) is 4.11. The summed E-state index contributed by atoms with van der Waals surface area (Å²) in [5.74, 6) is 0. The fourth-order valence-electron chi connectivity index (χ4n) is 2.00. The molecule has 0 amide bonds. The average Bonchev–Trinajstić information content (AvgIpc) is 2.44. The van der Waals surface area contributed by atoms with Crippen molar-refractivity contribution >= 4 is 27.8 Å². The van der Waals surface area contributed by atoms with Crippen molar-refractivity contribution in [3.63, 3.8) is 0 Å². The van der Waals surface area contributed by atoms with E-state index in [0.29, 0.717) is 0 Å². The van der Waals surface area contributed by atoms with Crippen molar-refractivity contribution in [3.8, 4) is 0 Å². The molecule has 2 aromatic carbocycles. The molecule has 18 heavy (non-hydrogen) atoms. The van der Waals surface area contributed by atoms with Crippen molar-refractivity contribution in [1.29, 1.82) is 0 Å². The van der Waals surface area contributed by atoms with Gasteiger partial charge in [-0.3, -0.25) is 4.98 Å². The molecule has 0 saturated heterocycles. The minimum atomic E-state index is 0.747. The van der Waals surface area contributed by atoms with Crippen LogP contribution in [-0.4, -0.2) is 4.98 Å². The van der Waals surface area contributed by atoms with Crippen LogP contribution in [0.2, 0.25) is 0 Å². The maximum atomic E-state index is 5.95. The first kappa shape index (κ1) is 10.6. The number of nitrogens with one attached hydrogen (secondary N) is 1. The Labute approximate surface area is 105 Å². The van der Waals surface area contributed by atoms with Crippen LogP contribution < -0.4 is 11.1 Å². The van der Waals surface area contributed by atoms with E-state index in [2.05, 4.69) is 10.3 Å². The number of fused-ring (bicyclic) bond motifs is 1. The highest BCUT2D eigenvalue weighted by Crippen LogP contribution is 2.29. The number of para-hydroxylation sites is 1. The fraction of sp³-hybridized carbons (Fsp3) is 0. The number of hydrogen-bond acceptors (Lipinski definition) is 3. The molecular formula is C15H13N3. The van der Waals surface area contributed by atoms with Crippen molar-refractivity contribution in [3.05, 3.63) is 60.9 Å². The molecular weight excluding hydrogens is 222 g/mol. The number of rotatable bonds is 2. The summed E-state index contributed by atoms with van der Waals surface area (Å²) in [6.07, 6.45) is 3.57. The first-order valence-corrected chi connectivity index (χ1v) is 5.79. The maximum Gasteiger partial charge on any atom is 0.0466 e. The zero-order chi connectivity index (χ0) is 12.4. The van der Waals surface area contributed by atoms with Gasteiger partial charge in [0.2, 0.25) is 0 Å². The number of nitrogens with two attached hydrogens (primary N) is 1. The molecule has 0 aliphatic rings. The smallest absolute Gasteiger partial charge is 0.0466 e. The second-order valence-corrected chi connectivity index (χ2v) is 4.11. The lowest BCUT2D eigenvalue weighted by Crippen LogP contribution is -1.94. The van der Waals surface area contributed by atoms with Crippen LogP contribution in [0.5, 0.6) is 0 Å². The normalized spacial score (nSPS) is 10.4. The maximum absolute atomic E-state index is 5.95. The highest BCUT2D eigenvalue weighted by Gasteiger charge is 2.03. The van der Waals surface area contributed by atoms with Crippen LogP contribution in [-0.2, 0) is 0 Å². The summed E-state index contributed by atoms with van der Waals surface area (Å²) in [5, 5.41) is 5.44. The van der Waals surface area contributed by atoms with Crippen molar-refractivity contribution < 1.29 is 0 Å². The minimum absolute atomic E-state index is 0.747. The van der Waals surface area contributed by atoms with E-state index in [1.54, 1.807) is 12.4 Å². The summed E-state index contributed by atoms with van der Waals surface area (Å²) in [7, 11) is 0. The van der Waals surface area contributed by atoms with Gasteiger partial charge in [-0.25, -0.2) is 0 Å². The number of pyridine rings is 1. The lowest BCUT2D eigenvalue weighted by molar-refractivity contribution is 1.36. The Balaban J connectivity index is 2.10. The minimum Gasteiger partial charge on any atom is -0.398 e. The summed E-state index contributed by atoms with van der Waals surface area (Å²) in [6, 6.07) is 15.9. The zero-order valence-electron chi connectivity index (χ0n) is 9.80. The average molecular weight is 235 g/mol. The molecule has 1 heterocycles. The van der Waals surface area contributed by atoms with Gasteiger partial charge in [-0.1, -0.05) is 18.2 Å². The number of hydrogen-bond donors (Lipinski definition) is 2. The molecule has 3 heteroatoms. The first-order chi connectivity index (χ1) is 8.84. The van der Waals surface area contributed by atoms with Gasteiger partial charge in [0.1, 0.15) is 0 Å². The van der Waals surface area contributed by atoms with E-state index in [1.165, 1.54) is 0 Å². The van der Waals surface area contributed by atoms with E-state index in [9.17, 15) is 0 Å². The molecule has 0 atom stereocenters. The van der Waals surface area contributed by atoms with E-state index in [1.807, 2.05) is 48.5 Å². The van der Waals surface area contributed by atoms with E-state index in [4.69, 9.17) is 5.73 Å². The van der Waals surface area contributed by atoms with Gasteiger partial charge in [-0.15, -0.1) is 0 Å². The van der Waals surface area contributed by atoms with E-state index < -0.39 is 0 Å². The van der Waals surface area contributed by atoms with Gasteiger partial charge in [0, 0.05) is 40.2 Å². The highest BCUT2D eigenvalue weighted by molar-refractivity contribution is 6.01. The summed E-state index contributed by atoms with van der Waals surface area (Å²) in [5.41, 5.74) is 8.79. The van der Waals surface area contributed by atoms with Crippen LogP contribution in [0.1, 0.15) is 0 Å². The molecule has 88 valence electrons. The standard InChI is InChI=1S/C15H13N3/c16-14-6-7-15(12-8-9-17-10-13(12)14)18-11-4-2-1-3-5-11/h1-10,18H,16H2. The van der Waals surface area contributed by atoms with Crippen molar-refractivity contribution in [2.24, 2.45) is 0 Å². The van der Waals surface area contributed by atoms with Gasteiger partial charge in [0.15, 0.2) is 0 Å². The largest absolute Gasteiger partial charge is 0.398 e. The van der Waals surface area contributed by atoms with Crippen LogP contribution in [0.25, 0.3) is 10.8 Å². The molecule has 0 bridgehead atoms. The molecule has 3 aromatic rings. The number of aromatic nitrogens is 1. The Kier molecular flexibility index (Phi) is 2.57. The van der Waals surface area contributed by atoms with Gasteiger partial charge >= 0.3 is 0 Å². The van der Waals surface area contributed by atoms with Gasteiger partial charge in [-0.05, 0) is 30.3 Å². The van der Waals surface area contributed by atoms with Crippen molar-refractivity contribution in [1.82, 2.24) is 4.98 Å². The molecule has 0 saturated carbocycles. The third kappa shape index (κ3) is 1.86. The Morgan fingerprint density at radius 1 is 0.889 bits per heavy atom. The molecule has 0 fully saturated rings. The van der Waals surface area contributed by atoms with Crippen molar-refractivity contribution in [2.75, 3.05) is 11.1 Å². The lowest BCUT2D eigenvalue weighted by atomic mass is 10.1. The Hall–Kier alpha value is -2.55. The predicted molar refractivity (Wildman–Crippen MR) is 75.9 cm³/mol. The Morgan fingerprint density at radius 3 is 2.56 bits per heavy atom. The molecule has 0 aliphatic heterocycles. The second kappa shape index (κ2) is 4.37. The van der Waals surface area contributed by atoms with Crippen LogP contribution in [0.3, 0.4) is 0 Å². The predicted octanol–water partition coefficient (Wildman–Crippen LogP) is 3.56. The Bertz CT molecular complexity index is 678. The second-order valence-electron chi connectivity index (χ2n) is 4.11. The molecule has 0 radical (unpaired) electrons. The van der Waals surface area contributed by atoms with E-state index in [0.717, 1.165) is 27.8 Å². The van der Waals surface area contributed by atoms with Crippen LogP contribution in [0.4, 0.5) is 17.1 Å². The summed E-state index contributed by atoms with van der Waals surface area (Å²) in [6.45, 7) is 0. The molecule has 3 N–H and O–H groups in total. The van der Waals surface area contributed by atoms with E-state index in [-0.39, 0.29) is 0 Å². The number of nitrogens with zero attached hydrogens (tertiary/aromatic N) is 1. The van der Waals surface area contributed by atoms with Crippen LogP contribution >= 0.6 is 0 Å². The number of anilines is 3. The lowest BCUT2D eigenvalue weighted by Gasteiger charge is -2.10. The summed E-state index contributed by atoms with van der Waals surface area (Å²) >= 11 is 0. The fourth-order valence-corrected chi connectivity index (χ4v) is 2.00. The Morgan fingerprint density at radius 2 is 1.72 bits per heavy atom. The molecule has 3 rings (SSSR count). The topological polar surface area (TPSA) is 50.9 Å². The SMILES string of the molecule is Nc1ccc(Nc2ccccc2)c2ccncc12. The quantitative estimate of drug-likeness (QED) is 0.668. The van der Waals surface area contributed by atoms with Gasteiger partial charge < -0.3 is 11.1 Å². The summed E-state index contributed by atoms with van der Waals surface area (Å²) < 4.78 is 0. The number of nitrogen functional groups attached to an aromatic ring is 1. The molecule has 0 unspecified atom stereocenters. The third-order valence-electron chi connectivity index (χ3n) is 2.90. The van der Waals surface area contributed by atoms with Crippen molar-refractivity contribution in [2.45, 2.75) is 0 Å².